The van der Waals surface area contributed by atoms with Crippen LogP contribution in [0.4, 0.5) is 0 Å². The van der Waals surface area contributed by atoms with Crippen LogP contribution in [0.3, 0.4) is 0 Å². The normalized spacial score (nSPS) is 30.8. The predicted molar refractivity (Wildman–Crippen MR) is 112 cm³/mol. The second kappa shape index (κ2) is 7.26. The number of rotatable bonds is 5. The monoisotopic (exact) mass is 391 g/mol. The molecule has 0 atom stereocenters. The molecule has 29 heavy (non-hydrogen) atoms. The Morgan fingerprint density at radius 1 is 0.966 bits per heavy atom. The van der Waals surface area contributed by atoms with Crippen LogP contribution in [0.1, 0.15) is 11.1 Å². The highest BCUT2D eigenvalue weighted by molar-refractivity contribution is 6.05. The maximum absolute atomic E-state index is 10.3. The quantitative estimate of drug-likeness (QED) is 0.624. The van der Waals surface area contributed by atoms with Gasteiger partial charge in [0.15, 0.2) is 11.5 Å². The zero-order valence-electron chi connectivity index (χ0n) is 16.5. The average Bonchev–Trinajstić information content (AvgIpc) is 2.72. The first-order chi connectivity index (χ1) is 14.2. The Balaban J connectivity index is 1.52. The van der Waals surface area contributed by atoms with Gasteiger partial charge in [-0.25, -0.2) is 0 Å². The average molecular weight is 391 g/mol. The smallest absolute Gasteiger partial charge is 0.166 e. The van der Waals surface area contributed by atoms with E-state index in [1.165, 1.54) is 7.11 Å². The second-order valence-electron chi connectivity index (χ2n) is 8.15. The van der Waals surface area contributed by atoms with Crippen molar-refractivity contribution in [1.29, 1.82) is 0 Å². The van der Waals surface area contributed by atoms with Gasteiger partial charge < -0.3 is 9.84 Å². The van der Waals surface area contributed by atoms with Crippen LogP contribution in [-0.4, -0.2) is 78.5 Å². The summed E-state index contributed by atoms with van der Waals surface area (Å²) in [6, 6.07) is 15.7. The summed E-state index contributed by atoms with van der Waals surface area (Å²) in [5.41, 5.74) is 2.63. The van der Waals surface area contributed by atoms with Crippen LogP contribution in [0.15, 0.2) is 58.7 Å². The Labute approximate surface area is 170 Å². The van der Waals surface area contributed by atoms with Crippen molar-refractivity contribution in [2.45, 2.75) is 0 Å². The summed E-state index contributed by atoms with van der Waals surface area (Å²) >= 11 is 0. The molecule has 0 aromatic heterocycles. The van der Waals surface area contributed by atoms with Gasteiger partial charge in [-0.3, -0.25) is 14.7 Å². The fourth-order valence-electron chi connectivity index (χ4n) is 4.96. The van der Waals surface area contributed by atoms with Crippen molar-refractivity contribution in [2.75, 3.05) is 46.8 Å². The van der Waals surface area contributed by atoms with Crippen molar-refractivity contribution in [3.8, 4) is 11.5 Å². The van der Waals surface area contributed by atoms with Crippen LogP contribution in [0.2, 0.25) is 0 Å². The highest BCUT2D eigenvalue weighted by Gasteiger charge is 2.51. The Hall–Kier alpha value is -2.74. The van der Waals surface area contributed by atoms with Gasteiger partial charge in [0, 0.05) is 25.2 Å². The minimum atomic E-state index is -0.0656. The van der Waals surface area contributed by atoms with Crippen LogP contribution in [0, 0.1) is 5.41 Å². The number of ether oxygens (including phenoxy) is 1. The molecule has 4 heterocycles. The molecule has 0 unspecified atom stereocenters. The maximum atomic E-state index is 10.3. The van der Waals surface area contributed by atoms with E-state index in [1.54, 1.807) is 18.3 Å². The molecule has 0 aliphatic carbocycles. The van der Waals surface area contributed by atoms with Gasteiger partial charge in [-0.2, -0.15) is 10.2 Å². The molecule has 4 fully saturated rings. The third-order valence-electron chi connectivity index (χ3n) is 5.93. The number of para-hydroxylation sites is 1. The first-order valence-corrected chi connectivity index (χ1v) is 9.87. The number of phenols is 1. The van der Waals surface area contributed by atoms with Crippen molar-refractivity contribution >= 4 is 11.9 Å². The summed E-state index contributed by atoms with van der Waals surface area (Å²) in [7, 11) is 1.54. The van der Waals surface area contributed by atoms with Gasteiger partial charge in [0.25, 0.3) is 0 Å². The lowest BCUT2D eigenvalue weighted by molar-refractivity contribution is -0.149. The van der Waals surface area contributed by atoms with Crippen LogP contribution in [0.5, 0.6) is 11.5 Å². The predicted octanol–water partition coefficient (Wildman–Crippen LogP) is 2.03. The van der Waals surface area contributed by atoms with Gasteiger partial charge >= 0.3 is 0 Å². The van der Waals surface area contributed by atoms with Gasteiger partial charge in [0.05, 0.1) is 44.5 Å². The van der Waals surface area contributed by atoms with E-state index in [0.717, 1.165) is 50.9 Å². The first kappa shape index (κ1) is 18.3. The molecule has 1 N–H and O–H groups in total. The molecule has 0 saturated carbocycles. The molecule has 7 heteroatoms. The number of hydrogen-bond acceptors (Lipinski definition) is 7. The summed E-state index contributed by atoms with van der Waals surface area (Å²) in [4.78, 5) is 7.44. The van der Waals surface area contributed by atoms with E-state index in [9.17, 15) is 5.11 Å². The van der Waals surface area contributed by atoms with E-state index in [0.29, 0.717) is 11.3 Å². The van der Waals surface area contributed by atoms with Crippen molar-refractivity contribution in [1.82, 2.24) is 14.7 Å². The SMILES string of the molecule is COc1cccc(/C=N\N=C(\c2ccccc2)C23CN4CN(CN(C4)C2)C3)c1O. The fraction of sp³-hybridized carbons (Fsp3) is 0.364. The number of methoxy groups -OCH3 is 1. The Bertz CT molecular complexity index is 922. The molecule has 4 aliphatic rings. The topological polar surface area (TPSA) is 63.9 Å². The molecule has 7 nitrogen and oxygen atoms in total. The molecule has 0 amide bonds. The molecule has 4 saturated heterocycles. The number of hydrogen-bond donors (Lipinski definition) is 1. The Morgan fingerprint density at radius 3 is 2.24 bits per heavy atom. The van der Waals surface area contributed by atoms with Crippen molar-refractivity contribution in [3.63, 3.8) is 0 Å². The van der Waals surface area contributed by atoms with Crippen molar-refractivity contribution in [2.24, 2.45) is 15.6 Å². The summed E-state index contributed by atoms with van der Waals surface area (Å²) in [5.74, 6) is 0.504. The molecule has 2 aromatic rings. The highest BCUT2D eigenvalue weighted by Crippen LogP contribution is 2.38. The number of nitrogens with zero attached hydrogens (tertiary/aromatic N) is 5. The van der Waals surface area contributed by atoms with E-state index in [-0.39, 0.29) is 11.2 Å². The molecule has 2 aromatic carbocycles. The lowest BCUT2D eigenvalue weighted by atomic mass is 9.74. The third-order valence-corrected chi connectivity index (χ3v) is 5.93. The van der Waals surface area contributed by atoms with E-state index in [2.05, 4.69) is 31.9 Å². The van der Waals surface area contributed by atoms with Crippen molar-refractivity contribution < 1.29 is 9.84 Å². The van der Waals surface area contributed by atoms with E-state index >= 15 is 0 Å². The van der Waals surface area contributed by atoms with Crippen LogP contribution in [0.25, 0.3) is 0 Å². The number of benzene rings is 2. The molecule has 4 aliphatic heterocycles. The molecular formula is C22H25N5O2. The largest absolute Gasteiger partial charge is 0.504 e. The highest BCUT2D eigenvalue weighted by atomic mass is 16.5. The zero-order valence-corrected chi connectivity index (χ0v) is 16.5. The van der Waals surface area contributed by atoms with Gasteiger partial charge in [-0.05, 0) is 17.7 Å². The summed E-state index contributed by atoms with van der Waals surface area (Å²) in [6.45, 7) is 6.07. The lowest BCUT2D eigenvalue weighted by Gasteiger charge is -2.60. The summed E-state index contributed by atoms with van der Waals surface area (Å²) < 4.78 is 5.18. The Morgan fingerprint density at radius 2 is 1.62 bits per heavy atom. The van der Waals surface area contributed by atoms with E-state index in [4.69, 9.17) is 9.84 Å². The number of aromatic hydroxyl groups is 1. The van der Waals surface area contributed by atoms with E-state index in [1.807, 2.05) is 24.3 Å². The first-order valence-electron chi connectivity index (χ1n) is 9.87. The molecule has 0 spiro atoms. The Kier molecular flexibility index (Phi) is 4.58. The van der Waals surface area contributed by atoms with Gasteiger partial charge in [-0.1, -0.05) is 36.4 Å². The third kappa shape index (κ3) is 3.31. The molecule has 150 valence electrons. The van der Waals surface area contributed by atoms with Crippen LogP contribution < -0.4 is 4.74 Å². The summed E-state index contributed by atoms with van der Waals surface area (Å²) in [5, 5.41) is 19.4. The fourth-order valence-corrected chi connectivity index (χ4v) is 4.96. The van der Waals surface area contributed by atoms with E-state index < -0.39 is 0 Å². The van der Waals surface area contributed by atoms with Crippen LogP contribution >= 0.6 is 0 Å². The lowest BCUT2D eigenvalue weighted by Crippen LogP contribution is -2.74. The molecule has 6 rings (SSSR count). The van der Waals surface area contributed by atoms with Crippen LogP contribution in [-0.2, 0) is 0 Å². The van der Waals surface area contributed by atoms with Gasteiger partial charge in [0.1, 0.15) is 0 Å². The van der Waals surface area contributed by atoms with Gasteiger partial charge in [-0.15, -0.1) is 0 Å². The second-order valence-corrected chi connectivity index (χ2v) is 8.15. The summed E-state index contributed by atoms with van der Waals surface area (Å²) in [6.07, 6.45) is 1.60. The minimum Gasteiger partial charge on any atom is -0.504 e. The maximum Gasteiger partial charge on any atom is 0.166 e. The minimum absolute atomic E-state index is 0.0656. The molecule has 0 radical (unpaired) electrons. The standard InChI is InChI=1S/C22H25N5O2/c1-29-19-9-5-8-18(20(19)28)10-23-24-21(17-6-3-2-4-7-17)22-11-25-14-26(12-22)16-27(13-22)15-25/h2-10,28H,11-16H2,1H3/b23-10-,24-21-. The van der Waals surface area contributed by atoms with Gasteiger partial charge in [0.2, 0.25) is 0 Å². The zero-order chi connectivity index (χ0) is 19.8. The molecular weight excluding hydrogens is 366 g/mol. The molecule has 4 bridgehead atoms. The number of phenolic OH excluding ortho intramolecular Hbond substituents is 1. The van der Waals surface area contributed by atoms with Crippen molar-refractivity contribution in [3.05, 3.63) is 59.7 Å².